The quantitative estimate of drug-likeness (QED) is 0.245. The molecular formula is C20H12F5NO4. The van der Waals surface area contributed by atoms with Gasteiger partial charge in [0.15, 0.2) is 17.3 Å². The summed E-state index contributed by atoms with van der Waals surface area (Å²) in [6.45, 7) is 0. The Bertz CT molecular complexity index is 1090. The van der Waals surface area contributed by atoms with Crippen LogP contribution in [0.5, 0.6) is 23.1 Å². The molecule has 10 heteroatoms. The Balaban J connectivity index is 1.87. The molecule has 1 aromatic heterocycles. The van der Waals surface area contributed by atoms with Crippen LogP contribution in [-0.4, -0.2) is 25.0 Å². The van der Waals surface area contributed by atoms with Crippen LogP contribution in [0.2, 0.25) is 0 Å². The fraction of sp³-hybridized carbons (Fsp3) is 0.100. The molecule has 5 nitrogen and oxygen atoms in total. The first-order chi connectivity index (χ1) is 14.3. The molecule has 0 aliphatic rings. The van der Waals surface area contributed by atoms with E-state index in [1.165, 1.54) is 38.5 Å². The van der Waals surface area contributed by atoms with E-state index in [2.05, 4.69) is 4.98 Å². The first-order valence-corrected chi connectivity index (χ1v) is 8.20. The second kappa shape index (κ2) is 8.36. The number of hydrogen-bond acceptors (Lipinski definition) is 5. The van der Waals surface area contributed by atoms with E-state index in [0.29, 0.717) is 11.5 Å². The Morgan fingerprint density at radius 1 is 0.767 bits per heavy atom. The van der Waals surface area contributed by atoms with Crippen LogP contribution in [0.15, 0.2) is 36.5 Å². The molecule has 0 unspecified atom stereocenters. The lowest BCUT2D eigenvalue weighted by Gasteiger charge is -2.10. The molecular weight excluding hydrogens is 413 g/mol. The van der Waals surface area contributed by atoms with Gasteiger partial charge in [0.25, 0.3) is 0 Å². The van der Waals surface area contributed by atoms with Gasteiger partial charge < -0.3 is 14.2 Å². The van der Waals surface area contributed by atoms with Crippen LogP contribution in [0.25, 0.3) is 0 Å². The molecule has 3 aromatic rings. The van der Waals surface area contributed by atoms with E-state index in [9.17, 15) is 26.7 Å². The van der Waals surface area contributed by atoms with Crippen molar-refractivity contribution in [3.8, 4) is 23.1 Å². The van der Waals surface area contributed by atoms with Crippen molar-refractivity contribution in [2.45, 2.75) is 0 Å². The van der Waals surface area contributed by atoms with Crippen molar-refractivity contribution < 1.29 is 41.0 Å². The van der Waals surface area contributed by atoms with Crippen molar-refractivity contribution in [3.63, 3.8) is 0 Å². The van der Waals surface area contributed by atoms with Gasteiger partial charge in [0, 0.05) is 23.4 Å². The molecule has 0 saturated carbocycles. The van der Waals surface area contributed by atoms with Gasteiger partial charge in [-0.2, -0.15) is 8.78 Å². The number of halogens is 5. The van der Waals surface area contributed by atoms with Crippen LogP contribution in [0, 0.1) is 29.1 Å². The highest BCUT2D eigenvalue weighted by atomic mass is 19.2. The lowest BCUT2D eigenvalue weighted by atomic mass is 10.0. The second-order valence-corrected chi connectivity index (χ2v) is 5.79. The van der Waals surface area contributed by atoms with Crippen LogP contribution in [-0.2, 0) is 0 Å². The highest BCUT2D eigenvalue weighted by molar-refractivity contribution is 6.09. The molecule has 0 spiro atoms. The highest BCUT2D eigenvalue weighted by Gasteiger charge is 2.27. The molecule has 0 aliphatic carbocycles. The zero-order valence-corrected chi connectivity index (χ0v) is 15.4. The fourth-order valence-electron chi connectivity index (χ4n) is 2.50. The van der Waals surface area contributed by atoms with E-state index >= 15 is 0 Å². The van der Waals surface area contributed by atoms with E-state index in [-0.39, 0.29) is 11.1 Å². The number of ether oxygens (including phenoxy) is 3. The van der Waals surface area contributed by atoms with Gasteiger partial charge in [-0.25, -0.2) is 18.2 Å². The number of pyridine rings is 1. The summed E-state index contributed by atoms with van der Waals surface area (Å²) in [5, 5.41) is 0. The number of benzene rings is 2. The topological polar surface area (TPSA) is 57.7 Å². The van der Waals surface area contributed by atoms with Crippen molar-refractivity contribution in [3.05, 3.63) is 76.7 Å². The maximum atomic E-state index is 13.7. The van der Waals surface area contributed by atoms with Gasteiger partial charge in [-0.15, -0.1) is 0 Å². The summed E-state index contributed by atoms with van der Waals surface area (Å²) in [6.07, 6.45) is 1.03. The normalized spacial score (nSPS) is 10.6. The highest BCUT2D eigenvalue weighted by Crippen LogP contribution is 2.32. The summed E-state index contributed by atoms with van der Waals surface area (Å²) >= 11 is 0. The summed E-state index contributed by atoms with van der Waals surface area (Å²) in [5.41, 5.74) is 0.315. The van der Waals surface area contributed by atoms with Crippen LogP contribution >= 0.6 is 0 Å². The lowest BCUT2D eigenvalue weighted by Crippen LogP contribution is -2.06. The minimum absolute atomic E-state index is 0.0759. The minimum atomic E-state index is -2.30. The first kappa shape index (κ1) is 21.0. The second-order valence-electron chi connectivity index (χ2n) is 5.79. The summed E-state index contributed by atoms with van der Waals surface area (Å²) in [5.74, 6) is -12.6. The molecule has 2 aromatic carbocycles. The number of ketones is 1. The third-order valence-electron chi connectivity index (χ3n) is 4.02. The largest absolute Gasteiger partial charge is 0.493 e. The number of carbonyl (C=O) groups is 1. The van der Waals surface area contributed by atoms with Crippen molar-refractivity contribution >= 4 is 5.78 Å². The summed E-state index contributed by atoms with van der Waals surface area (Å²) in [7, 11) is 2.84. The predicted molar refractivity (Wildman–Crippen MR) is 93.5 cm³/mol. The Morgan fingerprint density at radius 2 is 1.33 bits per heavy atom. The average molecular weight is 425 g/mol. The molecule has 0 amide bonds. The van der Waals surface area contributed by atoms with Crippen molar-refractivity contribution in [2.75, 3.05) is 14.2 Å². The minimum Gasteiger partial charge on any atom is -0.493 e. The standard InChI is InChI=1S/C20H12F5NO4/c1-28-11-5-3-9(7-12(11)29-2)19(27)10-4-6-13(26-8-10)30-20-17(24)15(22)14(21)16(23)18(20)25/h3-8H,1-2H3. The smallest absolute Gasteiger partial charge is 0.219 e. The van der Waals surface area contributed by atoms with Gasteiger partial charge >= 0.3 is 0 Å². The van der Waals surface area contributed by atoms with Gasteiger partial charge in [-0.3, -0.25) is 4.79 Å². The zero-order valence-electron chi connectivity index (χ0n) is 15.4. The molecule has 1 heterocycles. The van der Waals surface area contributed by atoms with E-state index in [1.807, 2.05) is 0 Å². The maximum absolute atomic E-state index is 13.7. The number of carbonyl (C=O) groups excluding carboxylic acids is 1. The van der Waals surface area contributed by atoms with Crippen LogP contribution in [0.4, 0.5) is 22.0 Å². The molecule has 0 bridgehead atoms. The Morgan fingerprint density at radius 3 is 1.87 bits per heavy atom. The monoisotopic (exact) mass is 425 g/mol. The van der Waals surface area contributed by atoms with E-state index in [4.69, 9.17) is 14.2 Å². The van der Waals surface area contributed by atoms with Gasteiger partial charge in [-0.05, 0) is 24.3 Å². The lowest BCUT2D eigenvalue weighted by molar-refractivity contribution is 0.103. The van der Waals surface area contributed by atoms with Crippen LogP contribution in [0.1, 0.15) is 15.9 Å². The summed E-state index contributed by atoms with van der Waals surface area (Å²) < 4.78 is 81.9. The number of aromatic nitrogens is 1. The van der Waals surface area contributed by atoms with E-state index < -0.39 is 46.5 Å². The maximum Gasteiger partial charge on any atom is 0.219 e. The zero-order chi connectivity index (χ0) is 22.0. The third kappa shape index (κ3) is 3.76. The molecule has 0 radical (unpaired) electrons. The molecule has 0 atom stereocenters. The number of rotatable bonds is 6. The molecule has 0 saturated heterocycles. The van der Waals surface area contributed by atoms with E-state index in [0.717, 1.165) is 12.3 Å². The summed E-state index contributed by atoms with van der Waals surface area (Å²) in [6, 6.07) is 6.73. The number of nitrogens with zero attached hydrogens (tertiary/aromatic N) is 1. The molecule has 156 valence electrons. The first-order valence-electron chi connectivity index (χ1n) is 8.20. The molecule has 30 heavy (non-hydrogen) atoms. The Hall–Kier alpha value is -3.69. The van der Waals surface area contributed by atoms with E-state index in [1.54, 1.807) is 0 Å². The Kier molecular flexibility index (Phi) is 5.86. The molecule has 0 aliphatic heterocycles. The SMILES string of the molecule is COc1ccc(C(=O)c2ccc(Oc3c(F)c(F)c(F)c(F)c3F)nc2)cc1OC. The van der Waals surface area contributed by atoms with Gasteiger partial charge in [0.2, 0.25) is 40.7 Å². The molecule has 3 rings (SSSR count). The number of methoxy groups -OCH3 is 2. The van der Waals surface area contributed by atoms with Crippen molar-refractivity contribution in [1.29, 1.82) is 0 Å². The molecule has 0 fully saturated rings. The third-order valence-corrected chi connectivity index (χ3v) is 4.02. The van der Waals surface area contributed by atoms with Gasteiger partial charge in [0.1, 0.15) is 0 Å². The van der Waals surface area contributed by atoms with Crippen molar-refractivity contribution in [2.24, 2.45) is 0 Å². The van der Waals surface area contributed by atoms with Gasteiger partial charge in [0.05, 0.1) is 14.2 Å². The molecule has 0 N–H and O–H groups in total. The number of hydrogen-bond donors (Lipinski definition) is 0. The Labute approximate surface area is 166 Å². The summed E-state index contributed by atoms with van der Waals surface area (Å²) in [4.78, 5) is 16.3. The fourth-order valence-corrected chi connectivity index (χ4v) is 2.50. The van der Waals surface area contributed by atoms with Gasteiger partial charge in [-0.1, -0.05) is 0 Å². The predicted octanol–water partition coefficient (Wildman–Crippen LogP) is 4.82. The van der Waals surface area contributed by atoms with Crippen molar-refractivity contribution in [1.82, 2.24) is 4.98 Å². The van der Waals surface area contributed by atoms with Crippen LogP contribution in [0.3, 0.4) is 0 Å². The average Bonchev–Trinajstić information content (AvgIpc) is 2.78. The van der Waals surface area contributed by atoms with Crippen LogP contribution < -0.4 is 14.2 Å².